The first-order chi connectivity index (χ1) is 13.3. The van der Waals surface area contributed by atoms with Crippen LogP contribution in [0.15, 0.2) is 31.3 Å². The monoisotopic (exact) mass is 434 g/mol. The second-order valence-electron chi connectivity index (χ2n) is 5.88. The maximum absolute atomic E-state index is 12.4. The number of hydrogen-bond donors (Lipinski definition) is 0. The van der Waals surface area contributed by atoms with Crippen LogP contribution in [-0.4, -0.2) is 32.5 Å². The largest absolute Gasteiger partial charge is 0.364 e. The summed E-state index contributed by atoms with van der Waals surface area (Å²) in [7, 11) is 2.80. The van der Waals surface area contributed by atoms with Gasteiger partial charge in [0.1, 0.15) is 23.8 Å². The number of unbranched alkanes of at least 4 members (excludes halogenated alkanes) is 1. The highest BCUT2D eigenvalue weighted by molar-refractivity contribution is 6.29. The molecule has 0 aliphatic rings. The number of nitrogens with zero attached hydrogens (tertiary/aromatic N) is 4. The number of methoxy groups -OCH3 is 2. The molecular weight excluding hydrogens is 415 g/mol. The zero-order chi connectivity index (χ0) is 20.8. The molecule has 0 amide bonds. The molecule has 0 fully saturated rings. The van der Waals surface area contributed by atoms with E-state index in [1.165, 1.54) is 14.2 Å². The number of aromatic nitrogens is 4. The van der Waals surface area contributed by atoms with Gasteiger partial charge in [-0.3, -0.25) is 27.9 Å². The Bertz CT molecular complexity index is 983. The SMILES string of the molecule is COCn1c(Cl)cc(=O)n(CCCCn2c(=O)cc(Cl)n(COC)c2=O)c1=O. The molecule has 12 heteroatoms. The first kappa shape index (κ1) is 22.2. The van der Waals surface area contributed by atoms with Gasteiger partial charge in [-0.05, 0) is 12.8 Å². The molecular formula is C16H20Cl2N4O6. The molecule has 0 saturated heterocycles. The average Bonchev–Trinajstić information content (AvgIpc) is 2.63. The highest BCUT2D eigenvalue weighted by Gasteiger charge is 2.12. The molecule has 10 nitrogen and oxygen atoms in total. The highest BCUT2D eigenvalue weighted by Crippen LogP contribution is 2.04. The van der Waals surface area contributed by atoms with Crippen LogP contribution in [0.5, 0.6) is 0 Å². The molecule has 0 atom stereocenters. The molecule has 0 spiro atoms. The molecule has 2 aromatic heterocycles. The van der Waals surface area contributed by atoms with Gasteiger partial charge in [-0.1, -0.05) is 23.2 Å². The lowest BCUT2D eigenvalue weighted by Crippen LogP contribution is -2.41. The van der Waals surface area contributed by atoms with Gasteiger partial charge in [-0.25, -0.2) is 9.59 Å². The molecule has 0 bridgehead atoms. The van der Waals surface area contributed by atoms with E-state index in [2.05, 4.69) is 0 Å². The summed E-state index contributed by atoms with van der Waals surface area (Å²) in [4.78, 5) is 48.8. The van der Waals surface area contributed by atoms with E-state index in [0.29, 0.717) is 12.8 Å². The van der Waals surface area contributed by atoms with Crippen molar-refractivity contribution in [2.24, 2.45) is 0 Å². The minimum Gasteiger partial charge on any atom is -0.364 e. The quantitative estimate of drug-likeness (QED) is 0.415. The topological polar surface area (TPSA) is 106 Å². The molecule has 2 heterocycles. The molecule has 0 saturated carbocycles. The Morgan fingerprint density at radius 3 is 1.39 bits per heavy atom. The smallest absolute Gasteiger partial charge is 0.334 e. The Labute approximate surface area is 169 Å². The molecule has 0 unspecified atom stereocenters. The van der Waals surface area contributed by atoms with Crippen LogP contribution in [0.25, 0.3) is 0 Å². The zero-order valence-corrected chi connectivity index (χ0v) is 16.9. The molecule has 0 aliphatic heterocycles. The van der Waals surface area contributed by atoms with Gasteiger partial charge >= 0.3 is 11.4 Å². The molecule has 154 valence electrons. The summed E-state index contributed by atoms with van der Waals surface area (Å²) in [5.74, 6) is 0. The summed E-state index contributed by atoms with van der Waals surface area (Å²) < 4.78 is 14.1. The predicted octanol–water partition coefficient (Wildman–Crippen LogP) is 0.328. The van der Waals surface area contributed by atoms with Crippen LogP contribution in [-0.2, 0) is 36.0 Å². The number of ether oxygens (including phenoxy) is 2. The minimum atomic E-state index is -0.592. The van der Waals surface area contributed by atoms with Crippen molar-refractivity contribution in [1.82, 2.24) is 18.3 Å². The van der Waals surface area contributed by atoms with Gasteiger partial charge in [0.25, 0.3) is 11.1 Å². The van der Waals surface area contributed by atoms with Crippen LogP contribution in [0.2, 0.25) is 10.3 Å². The van der Waals surface area contributed by atoms with Crippen LogP contribution in [0.3, 0.4) is 0 Å². The average molecular weight is 435 g/mol. The Morgan fingerprint density at radius 1 is 0.714 bits per heavy atom. The van der Waals surface area contributed by atoms with Crippen LogP contribution in [0, 0.1) is 0 Å². The Balaban J connectivity index is 2.14. The van der Waals surface area contributed by atoms with E-state index < -0.39 is 22.5 Å². The van der Waals surface area contributed by atoms with Crippen molar-refractivity contribution in [3.8, 4) is 0 Å². The number of rotatable bonds is 9. The summed E-state index contributed by atoms with van der Waals surface area (Å²) in [6.07, 6.45) is 0.755. The van der Waals surface area contributed by atoms with Gasteiger partial charge in [-0.2, -0.15) is 0 Å². The van der Waals surface area contributed by atoms with Crippen molar-refractivity contribution in [3.63, 3.8) is 0 Å². The van der Waals surface area contributed by atoms with Gasteiger partial charge in [0.05, 0.1) is 0 Å². The predicted molar refractivity (Wildman–Crippen MR) is 103 cm³/mol. The normalized spacial score (nSPS) is 11.1. The summed E-state index contributed by atoms with van der Waals surface area (Å²) in [6.45, 7) is 0.0363. The Hall–Kier alpha value is -2.14. The van der Waals surface area contributed by atoms with E-state index in [1.807, 2.05) is 0 Å². The van der Waals surface area contributed by atoms with Gasteiger partial charge in [0.2, 0.25) is 0 Å². The second kappa shape index (κ2) is 9.87. The summed E-state index contributed by atoms with van der Waals surface area (Å²) in [6, 6.07) is 2.27. The molecule has 2 aromatic rings. The summed E-state index contributed by atoms with van der Waals surface area (Å²) in [5.41, 5.74) is -2.25. The fourth-order valence-electron chi connectivity index (χ4n) is 2.62. The lowest BCUT2D eigenvalue weighted by atomic mass is 10.3. The van der Waals surface area contributed by atoms with Crippen LogP contribution >= 0.6 is 23.2 Å². The molecule has 28 heavy (non-hydrogen) atoms. The third kappa shape index (κ3) is 4.82. The van der Waals surface area contributed by atoms with E-state index in [-0.39, 0.29) is 36.9 Å². The van der Waals surface area contributed by atoms with Gasteiger partial charge < -0.3 is 9.47 Å². The van der Waals surface area contributed by atoms with E-state index in [9.17, 15) is 19.2 Å². The van der Waals surface area contributed by atoms with E-state index in [4.69, 9.17) is 32.7 Å². The van der Waals surface area contributed by atoms with Crippen molar-refractivity contribution in [3.05, 3.63) is 64.1 Å². The lowest BCUT2D eigenvalue weighted by Gasteiger charge is -2.12. The summed E-state index contributed by atoms with van der Waals surface area (Å²) in [5, 5.41) is -0.0287. The van der Waals surface area contributed by atoms with E-state index in [1.54, 1.807) is 0 Å². The summed E-state index contributed by atoms with van der Waals surface area (Å²) >= 11 is 11.8. The maximum atomic E-state index is 12.4. The van der Waals surface area contributed by atoms with Crippen molar-refractivity contribution in [2.45, 2.75) is 39.4 Å². The third-order valence-electron chi connectivity index (χ3n) is 3.99. The third-order valence-corrected chi connectivity index (χ3v) is 4.61. The van der Waals surface area contributed by atoms with E-state index >= 15 is 0 Å². The van der Waals surface area contributed by atoms with Gasteiger partial charge in [0.15, 0.2) is 0 Å². The molecule has 0 radical (unpaired) electrons. The van der Waals surface area contributed by atoms with Gasteiger partial charge in [0, 0.05) is 39.4 Å². The van der Waals surface area contributed by atoms with Crippen molar-refractivity contribution < 1.29 is 9.47 Å². The number of hydrogen-bond acceptors (Lipinski definition) is 6. The minimum absolute atomic E-state index is 0.0143. The Kier molecular flexibility index (Phi) is 7.81. The first-order valence-electron chi connectivity index (χ1n) is 8.30. The fraction of sp³-hybridized carbons (Fsp3) is 0.500. The van der Waals surface area contributed by atoms with Gasteiger partial charge in [-0.15, -0.1) is 0 Å². The molecule has 0 aromatic carbocycles. The molecule has 0 N–H and O–H groups in total. The highest BCUT2D eigenvalue weighted by atomic mass is 35.5. The zero-order valence-electron chi connectivity index (χ0n) is 15.4. The second-order valence-corrected chi connectivity index (χ2v) is 6.65. The molecule has 2 rings (SSSR count). The van der Waals surface area contributed by atoms with Crippen LogP contribution in [0.4, 0.5) is 0 Å². The van der Waals surface area contributed by atoms with Crippen LogP contribution in [0.1, 0.15) is 12.8 Å². The number of halogens is 2. The first-order valence-corrected chi connectivity index (χ1v) is 9.05. The van der Waals surface area contributed by atoms with Crippen molar-refractivity contribution in [2.75, 3.05) is 14.2 Å². The maximum Gasteiger partial charge on any atom is 0.334 e. The lowest BCUT2D eigenvalue weighted by molar-refractivity contribution is 0.125. The molecule has 0 aliphatic carbocycles. The van der Waals surface area contributed by atoms with Crippen LogP contribution < -0.4 is 22.5 Å². The van der Waals surface area contributed by atoms with E-state index in [0.717, 1.165) is 30.4 Å². The standard InChI is InChI=1S/C16H20Cl2N4O6/c1-27-9-21-11(17)7-13(23)19(15(21)25)5-3-4-6-20-14(24)8-12(18)22(10-28-2)16(20)26/h7-8H,3-6,9-10H2,1-2H3. The van der Waals surface area contributed by atoms with Crippen molar-refractivity contribution >= 4 is 23.2 Å². The Morgan fingerprint density at radius 2 is 1.07 bits per heavy atom. The fourth-order valence-corrected chi connectivity index (χ4v) is 3.05. The van der Waals surface area contributed by atoms with Crippen molar-refractivity contribution in [1.29, 1.82) is 0 Å².